The minimum atomic E-state index is -4.70. The molecule has 0 fully saturated rings. The van der Waals surface area contributed by atoms with Gasteiger partial charge in [-0.3, -0.25) is 0 Å². The van der Waals surface area contributed by atoms with Crippen molar-refractivity contribution in [1.82, 2.24) is 0 Å². The summed E-state index contributed by atoms with van der Waals surface area (Å²) in [6.07, 6.45) is 40.6. The van der Waals surface area contributed by atoms with Crippen LogP contribution in [0.4, 0.5) is 0 Å². The summed E-state index contributed by atoms with van der Waals surface area (Å²) in [5.74, 6) is -1.20. The van der Waals surface area contributed by atoms with Gasteiger partial charge in [0.2, 0.25) is 0 Å². The van der Waals surface area contributed by atoms with E-state index in [4.69, 9.17) is 9.22 Å². The second kappa shape index (κ2) is 37.9. The topological polar surface area (TPSA) is 78.9 Å². The SMILES string of the molecule is CCCCCCCCCCCCCC(=O)[O][Sn]([CH3])([O]C(=O)CCCCCCCCCCCCC)[O]C(=O)CCCCCCCCCCCCC. The molecule has 296 valence electrons. The van der Waals surface area contributed by atoms with E-state index in [0.29, 0.717) is 0 Å². The Kier molecular flexibility index (Phi) is 37.3. The molecule has 0 aromatic rings. The van der Waals surface area contributed by atoms with Crippen LogP contribution in [0.1, 0.15) is 252 Å². The van der Waals surface area contributed by atoms with E-state index in [0.717, 1.165) is 57.8 Å². The van der Waals surface area contributed by atoms with Crippen molar-refractivity contribution >= 4 is 37.5 Å². The number of unbranched alkanes of at least 4 members (excludes halogenated alkanes) is 30. The van der Waals surface area contributed by atoms with Gasteiger partial charge in [-0.05, 0) is 0 Å². The first kappa shape index (κ1) is 49.2. The molecule has 0 aromatic carbocycles. The van der Waals surface area contributed by atoms with Gasteiger partial charge in [0, 0.05) is 0 Å². The van der Waals surface area contributed by atoms with Gasteiger partial charge < -0.3 is 0 Å². The molecule has 0 aliphatic carbocycles. The molecule has 7 heteroatoms. The molecule has 0 unspecified atom stereocenters. The molecule has 50 heavy (non-hydrogen) atoms. The first-order valence-electron chi connectivity index (χ1n) is 22.0. The van der Waals surface area contributed by atoms with E-state index in [1.807, 2.05) is 0 Å². The van der Waals surface area contributed by atoms with Crippen molar-refractivity contribution < 1.29 is 23.6 Å². The predicted octanol–water partition coefficient (Wildman–Crippen LogP) is 14.3. The van der Waals surface area contributed by atoms with Crippen LogP contribution in [0, 0.1) is 0 Å². The Bertz CT molecular complexity index is 675. The fourth-order valence-corrected chi connectivity index (χ4v) is 11.4. The summed E-state index contributed by atoms with van der Waals surface area (Å²) in [7, 11) is 0. The summed E-state index contributed by atoms with van der Waals surface area (Å²) < 4.78 is 17.3. The van der Waals surface area contributed by atoms with Crippen molar-refractivity contribution in [2.24, 2.45) is 0 Å². The first-order valence-corrected chi connectivity index (χ1v) is 28.4. The normalized spacial score (nSPS) is 11.5. The van der Waals surface area contributed by atoms with E-state index in [1.165, 1.54) is 154 Å². The molecule has 0 aliphatic rings. The van der Waals surface area contributed by atoms with Crippen LogP contribution in [0.25, 0.3) is 0 Å². The van der Waals surface area contributed by atoms with E-state index >= 15 is 0 Å². The zero-order valence-corrected chi connectivity index (χ0v) is 36.8. The van der Waals surface area contributed by atoms with Gasteiger partial charge in [0.25, 0.3) is 0 Å². The summed E-state index contributed by atoms with van der Waals surface area (Å²) in [6, 6.07) is 0. The van der Waals surface area contributed by atoms with Crippen LogP contribution >= 0.6 is 0 Å². The Labute approximate surface area is 316 Å². The number of rotatable bonds is 39. The Hall–Kier alpha value is -0.791. The average Bonchev–Trinajstić information content (AvgIpc) is 3.08. The Morgan fingerprint density at radius 3 is 0.640 bits per heavy atom. The Morgan fingerprint density at radius 1 is 0.300 bits per heavy atom. The van der Waals surface area contributed by atoms with Gasteiger partial charge in [0.15, 0.2) is 0 Å². The standard InChI is InChI=1S/3C14H28O2.CH3.Sn/c3*1-2-3-4-5-6-7-8-9-10-11-12-13-14(15)16;;/h3*2-13H2,1H3,(H,15,16);1H3;/q;;;;+3/p-3. The van der Waals surface area contributed by atoms with Crippen LogP contribution in [-0.2, 0) is 23.6 Å². The fraction of sp³-hybridized carbons (Fsp3) is 0.930. The monoisotopic (exact) mass is 817 g/mol. The molecule has 0 amide bonds. The zero-order valence-electron chi connectivity index (χ0n) is 33.9. The number of carbonyl (C=O) groups is 3. The molecule has 0 saturated carbocycles. The zero-order chi connectivity index (χ0) is 36.8. The van der Waals surface area contributed by atoms with Gasteiger partial charge >= 0.3 is 259 Å². The third-order valence-electron chi connectivity index (χ3n) is 9.85. The van der Waals surface area contributed by atoms with Crippen LogP contribution in [-0.4, -0.2) is 37.5 Å². The van der Waals surface area contributed by atoms with Crippen molar-refractivity contribution in [3.05, 3.63) is 0 Å². The Morgan fingerprint density at radius 2 is 0.460 bits per heavy atom. The molecule has 0 spiro atoms. The number of carbonyl (C=O) groups excluding carboxylic acids is 3. The maximum absolute atomic E-state index is 12.8. The molecule has 0 radical (unpaired) electrons. The van der Waals surface area contributed by atoms with E-state index in [9.17, 15) is 14.4 Å². The summed E-state index contributed by atoms with van der Waals surface area (Å²) in [4.78, 5) is 40.1. The third-order valence-corrected chi connectivity index (χ3v) is 15.0. The minimum Gasteiger partial charge on any atom is -0.0654 e. The van der Waals surface area contributed by atoms with Crippen molar-refractivity contribution in [1.29, 1.82) is 0 Å². The van der Waals surface area contributed by atoms with Gasteiger partial charge in [-0.25, -0.2) is 0 Å². The fourth-order valence-electron chi connectivity index (χ4n) is 6.64. The van der Waals surface area contributed by atoms with Gasteiger partial charge in [-0.1, -0.05) is 59.3 Å². The molecule has 6 nitrogen and oxygen atoms in total. The second-order valence-corrected chi connectivity index (χ2v) is 21.8. The van der Waals surface area contributed by atoms with Gasteiger partial charge in [-0.15, -0.1) is 0 Å². The van der Waals surface area contributed by atoms with Crippen LogP contribution < -0.4 is 0 Å². The molecule has 0 aromatic heterocycles. The molecule has 0 atom stereocenters. The van der Waals surface area contributed by atoms with Crippen molar-refractivity contribution in [2.45, 2.75) is 257 Å². The van der Waals surface area contributed by atoms with E-state index in [2.05, 4.69) is 20.8 Å². The van der Waals surface area contributed by atoms with E-state index in [-0.39, 0.29) is 19.3 Å². The maximum atomic E-state index is 12.8. The van der Waals surface area contributed by atoms with Gasteiger partial charge in [0.05, 0.1) is 0 Å². The number of hydrogen-bond donors (Lipinski definition) is 0. The summed E-state index contributed by atoms with van der Waals surface area (Å²) in [5.41, 5.74) is 0. The average molecular weight is 816 g/mol. The van der Waals surface area contributed by atoms with Crippen LogP contribution in [0.2, 0.25) is 4.94 Å². The Balaban J connectivity index is 4.52. The van der Waals surface area contributed by atoms with Crippen LogP contribution in [0.15, 0.2) is 0 Å². The van der Waals surface area contributed by atoms with Crippen molar-refractivity contribution in [2.75, 3.05) is 0 Å². The predicted molar refractivity (Wildman–Crippen MR) is 213 cm³/mol. The van der Waals surface area contributed by atoms with Gasteiger partial charge in [-0.2, -0.15) is 0 Å². The molecule has 0 heterocycles. The molecule has 0 bridgehead atoms. The van der Waals surface area contributed by atoms with Crippen molar-refractivity contribution in [3.63, 3.8) is 0 Å². The van der Waals surface area contributed by atoms with E-state index in [1.54, 1.807) is 4.94 Å². The molecule has 0 saturated heterocycles. The smallest absolute Gasteiger partial charge is 0.0654 e. The number of hydrogen-bond acceptors (Lipinski definition) is 6. The summed E-state index contributed by atoms with van der Waals surface area (Å²) >= 11 is -4.70. The molecule has 0 aliphatic heterocycles. The first-order chi connectivity index (χ1) is 24.4. The third kappa shape index (κ3) is 35.6. The van der Waals surface area contributed by atoms with Crippen LogP contribution in [0.3, 0.4) is 0 Å². The molecular formula is C43H84O6Sn. The molecule has 0 rings (SSSR count). The van der Waals surface area contributed by atoms with Gasteiger partial charge in [0.1, 0.15) is 0 Å². The summed E-state index contributed by atoms with van der Waals surface area (Å²) in [5, 5.41) is 0. The molecule has 0 N–H and O–H groups in total. The van der Waals surface area contributed by atoms with Crippen molar-refractivity contribution in [3.8, 4) is 0 Å². The van der Waals surface area contributed by atoms with E-state index < -0.39 is 37.5 Å². The molecular weight excluding hydrogens is 731 g/mol. The second-order valence-electron chi connectivity index (χ2n) is 15.1. The minimum absolute atomic E-state index is 0.274. The van der Waals surface area contributed by atoms with Crippen LogP contribution in [0.5, 0.6) is 0 Å². The quantitative estimate of drug-likeness (QED) is 0.0454. The summed E-state index contributed by atoms with van der Waals surface area (Å²) in [6.45, 7) is 6.75.